The molecular weight excluding hydrogens is 195 g/mol. The van der Waals surface area contributed by atoms with Crippen LogP contribution in [0, 0.1) is 5.82 Å². The molecular formula is C11H13FN2O. The lowest BCUT2D eigenvalue weighted by Crippen LogP contribution is -1.94. The Morgan fingerprint density at radius 1 is 1.47 bits per heavy atom. The molecule has 0 bridgehead atoms. The molecule has 0 saturated carbocycles. The SMILES string of the molecule is COc1cc2c(cc1F)c(CN)cn2C. The molecule has 2 rings (SSSR count). The number of aryl methyl sites for hydroxylation is 1. The maximum absolute atomic E-state index is 13.5. The number of halogens is 1. The van der Waals surface area contributed by atoms with Gasteiger partial charge in [0.05, 0.1) is 12.6 Å². The molecule has 0 aliphatic rings. The highest BCUT2D eigenvalue weighted by Gasteiger charge is 2.10. The van der Waals surface area contributed by atoms with Crippen LogP contribution in [0.1, 0.15) is 5.56 Å². The van der Waals surface area contributed by atoms with Crippen molar-refractivity contribution < 1.29 is 9.13 Å². The molecule has 1 aromatic carbocycles. The van der Waals surface area contributed by atoms with Crippen molar-refractivity contribution in [3.8, 4) is 5.75 Å². The Bertz CT molecular complexity index is 505. The van der Waals surface area contributed by atoms with E-state index >= 15 is 0 Å². The number of rotatable bonds is 2. The van der Waals surface area contributed by atoms with E-state index in [0.29, 0.717) is 6.54 Å². The minimum Gasteiger partial charge on any atom is -0.494 e. The lowest BCUT2D eigenvalue weighted by Gasteiger charge is -2.03. The Balaban J connectivity index is 2.77. The van der Waals surface area contributed by atoms with Crippen LogP contribution in [0.2, 0.25) is 0 Å². The topological polar surface area (TPSA) is 40.2 Å². The highest BCUT2D eigenvalue weighted by atomic mass is 19.1. The van der Waals surface area contributed by atoms with Gasteiger partial charge in [0.1, 0.15) is 0 Å². The van der Waals surface area contributed by atoms with Gasteiger partial charge in [-0.25, -0.2) is 4.39 Å². The molecule has 0 fully saturated rings. The van der Waals surface area contributed by atoms with E-state index < -0.39 is 0 Å². The van der Waals surface area contributed by atoms with Crippen LogP contribution in [0.5, 0.6) is 5.75 Å². The molecule has 0 amide bonds. The number of aromatic nitrogens is 1. The number of methoxy groups -OCH3 is 1. The Kier molecular flexibility index (Phi) is 2.36. The van der Waals surface area contributed by atoms with Crippen molar-refractivity contribution >= 4 is 10.9 Å². The molecule has 80 valence electrons. The third-order valence-electron chi connectivity index (χ3n) is 2.57. The highest BCUT2D eigenvalue weighted by Crippen LogP contribution is 2.27. The number of nitrogens with two attached hydrogens (primary N) is 1. The molecule has 0 unspecified atom stereocenters. The van der Waals surface area contributed by atoms with E-state index in [2.05, 4.69) is 0 Å². The van der Waals surface area contributed by atoms with E-state index in [0.717, 1.165) is 16.5 Å². The molecule has 15 heavy (non-hydrogen) atoms. The Hall–Kier alpha value is -1.55. The van der Waals surface area contributed by atoms with Gasteiger partial charge in [0.25, 0.3) is 0 Å². The van der Waals surface area contributed by atoms with Crippen LogP contribution < -0.4 is 10.5 Å². The van der Waals surface area contributed by atoms with Crippen molar-refractivity contribution in [3.63, 3.8) is 0 Å². The van der Waals surface area contributed by atoms with E-state index in [1.807, 2.05) is 17.8 Å². The van der Waals surface area contributed by atoms with Gasteiger partial charge in [-0.1, -0.05) is 0 Å². The molecule has 1 heterocycles. The molecule has 2 aromatic rings. The molecule has 1 aromatic heterocycles. The summed E-state index contributed by atoms with van der Waals surface area (Å²) in [5.41, 5.74) is 7.45. The Labute approximate surface area is 87.2 Å². The number of fused-ring (bicyclic) bond motifs is 1. The second-order valence-corrected chi connectivity index (χ2v) is 3.47. The maximum Gasteiger partial charge on any atom is 0.165 e. The van der Waals surface area contributed by atoms with Gasteiger partial charge in [-0.3, -0.25) is 0 Å². The summed E-state index contributed by atoms with van der Waals surface area (Å²) in [6.07, 6.45) is 1.91. The van der Waals surface area contributed by atoms with Crippen LogP contribution in [0.15, 0.2) is 18.3 Å². The first kappa shape index (κ1) is 9.98. The van der Waals surface area contributed by atoms with Gasteiger partial charge in [0.2, 0.25) is 0 Å². The minimum atomic E-state index is -0.356. The largest absolute Gasteiger partial charge is 0.494 e. The van der Waals surface area contributed by atoms with Crippen LogP contribution >= 0.6 is 0 Å². The van der Waals surface area contributed by atoms with Gasteiger partial charge in [-0.05, 0) is 11.6 Å². The van der Waals surface area contributed by atoms with Crippen LogP contribution in [0.3, 0.4) is 0 Å². The van der Waals surface area contributed by atoms with E-state index in [4.69, 9.17) is 10.5 Å². The van der Waals surface area contributed by atoms with Crippen LogP contribution in [-0.2, 0) is 13.6 Å². The molecule has 0 saturated heterocycles. The quantitative estimate of drug-likeness (QED) is 0.817. The summed E-state index contributed by atoms with van der Waals surface area (Å²) < 4.78 is 20.3. The summed E-state index contributed by atoms with van der Waals surface area (Å²) in [5.74, 6) is -0.0989. The Morgan fingerprint density at radius 3 is 2.80 bits per heavy atom. The molecule has 3 nitrogen and oxygen atoms in total. The summed E-state index contributed by atoms with van der Waals surface area (Å²) >= 11 is 0. The average molecular weight is 208 g/mol. The van der Waals surface area contributed by atoms with Crippen molar-refractivity contribution in [1.82, 2.24) is 4.57 Å². The maximum atomic E-state index is 13.5. The molecule has 0 aliphatic heterocycles. The number of hydrogen-bond donors (Lipinski definition) is 1. The first-order chi connectivity index (χ1) is 7.17. The van der Waals surface area contributed by atoms with Crippen LogP contribution in [0.4, 0.5) is 4.39 Å². The van der Waals surface area contributed by atoms with E-state index in [9.17, 15) is 4.39 Å². The summed E-state index contributed by atoms with van der Waals surface area (Å²) in [6, 6.07) is 3.15. The van der Waals surface area contributed by atoms with Crippen LogP contribution in [-0.4, -0.2) is 11.7 Å². The minimum absolute atomic E-state index is 0.257. The first-order valence-corrected chi connectivity index (χ1v) is 4.69. The van der Waals surface area contributed by atoms with Gasteiger partial charge in [-0.2, -0.15) is 0 Å². The fourth-order valence-electron chi connectivity index (χ4n) is 1.78. The van der Waals surface area contributed by atoms with E-state index in [1.54, 1.807) is 6.07 Å². The lowest BCUT2D eigenvalue weighted by molar-refractivity contribution is 0.387. The van der Waals surface area contributed by atoms with Gasteiger partial charge < -0.3 is 15.0 Å². The Morgan fingerprint density at radius 2 is 2.20 bits per heavy atom. The second kappa shape index (κ2) is 3.55. The van der Waals surface area contributed by atoms with E-state index in [-0.39, 0.29) is 11.6 Å². The molecule has 0 radical (unpaired) electrons. The second-order valence-electron chi connectivity index (χ2n) is 3.47. The van der Waals surface area contributed by atoms with Crippen molar-refractivity contribution in [2.75, 3.05) is 7.11 Å². The molecule has 0 atom stereocenters. The van der Waals surface area contributed by atoms with Gasteiger partial charge >= 0.3 is 0 Å². The number of ether oxygens (including phenoxy) is 1. The van der Waals surface area contributed by atoms with Crippen molar-refractivity contribution in [3.05, 3.63) is 29.7 Å². The molecule has 4 heteroatoms. The average Bonchev–Trinajstić information content (AvgIpc) is 2.54. The third-order valence-corrected chi connectivity index (χ3v) is 2.57. The lowest BCUT2D eigenvalue weighted by atomic mass is 10.1. The monoisotopic (exact) mass is 208 g/mol. The van der Waals surface area contributed by atoms with Gasteiger partial charge in [0.15, 0.2) is 11.6 Å². The first-order valence-electron chi connectivity index (χ1n) is 4.69. The van der Waals surface area contributed by atoms with Crippen LogP contribution in [0.25, 0.3) is 10.9 Å². The fraction of sp³-hybridized carbons (Fsp3) is 0.273. The zero-order chi connectivity index (χ0) is 11.0. The van der Waals surface area contributed by atoms with Gasteiger partial charge in [0, 0.05) is 31.2 Å². The normalized spacial score (nSPS) is 10.9. The van der Waals surface area contributed by atoms with E-state index in [1.165, 1.54) is 13.2 Å². The standard InChI is InChI=1S/C11H13FN2O/c1-14-6-7(5-13)8-3-9(12)11(15-2)4-10(8)14/h3-4,6H,5,13H2,1-2H3. The molecule has 0 aliphatic carbocycles. The zero-order valence-electron chi connectivity index (χ0n) is 8.75. The fourth-order valence-corrected chi connectivity index (χ4v) is 1.78. The number of nitrogens with zero attached hydrogens (tertiary/aromatic N) is 1. The van der Waals surface area contributed by atoms with Crippen molar-refractivity contribution in [1.29, 1.82) is 0 Å². The predicted octanol–water partition coefficient (Wildman–Crippen LogP) is 1.78. The summed E-state index contributed by atoms with van der Waals surface area (Å²) in [6.45, 7) is 0.406. The van der Waals surface area contributed by atoms with Gasteiger partial charge in [-0.15, -0.1) is 0 Å². The number of benzene rings is 1. The smallest absolute Gasteiger partial charge is 0.165 e. The summed E-state index contributed by atoms with van der Waals surface area (Å²) in [4.78, 5) is 0. The molecule has 2 N–H and O–H groups in total. The summed E-state index contributed by atoms with van der Waals surface area (Å²) in [7, 11) is 3.36. The third kappa shape index (κ3) is 1.47. The molecule has 0 spiro atoms. The summed E-state index contributed by atoms with van der Waals surface area (Å²) in [5, 5.41) is 0.846. The highest BCUT2D eigenvalue weighted by molar-refractivity contribution is 5.85. The predicted molar refractivity (Wildman–Crippen MR) is 57.3 cm³/mol. The van der Waals surface area contributed by atoms with Crippen molar-refractivity contribution in [2.24, 2.45) is 12.8 Å². The number of hydrogen-bond acceptors (Lipinski definition) is 2. The zero-order valence-corrected chi connectivity index (χ0v) is 8.75. The van der Waals surface area contributed by atoms with Crippen molar-refractivity contribution in [2.45, 2.75) is 6.54 Å².